The molecule has 0 fully saturated rings. The highest BCUT2D eigenvalue weighted by molar-refractivity contribution is 7.98. The first-order valence-corrected chi connectivity index (χ1v) is 17.3. The molecule has 0 radical (unpaired) electrons. The second-order valence-corrected chi connectivity index (χ2v) is 12.7. The lowest BCUT2D eigenvalue weighted by Crippen LogP contribution is -2.11. The van der Waals surface area contributed by atoms with Gasteiger partial charge < -0.3 is 28.8 Å². The maximum absolute atomic E-state index is 12.4. The number of benzene rings is 4. The van der Waals surface area contributed by atoms with Crippen LogP contribution >= 0.6 is 23.5 Å². The summed E-state index contributed by atoms with van der Waals surface area (Å²) in [5.41, 5.74) is 5.72. The van der Waals surface area contributed by atoms with Gasteiger partial charge in [0.25, 0.3) is 0 Å². The number of nitrogens with zero attached hydrogens (tertiary/aromatic N) is 2. The molecule has 0 aromatic heterocycles. The van der Waals surface area contributed by atoms with Gasteiger partial charge in [0.15, 0.2) is 13.6 Å². The molecule has 254 valence electrons. The minimum absolute atomic E-state index is 0.00515. The summed E-state index contributed by atoms with van der Waals surface area (Å²) in [6, 6.07) is 23.5. The highest BCUT2D eigenvalue weighted by Gasteiger charge is 2.27. The standard InChI is InChI=1S/C19H19NO4S.C18H17NO4S/c1-22-12-24-16-10-13-8-9-20-18(13)15(17(16)19(21)23-2)11-25-14-6-4-3-5-7-14;1-22-11-23-15-9-12-7-8-19-17(12)14(16(15)18(20)21)10-24-13-5-3-2-4-6-13/h3-7,9-10H,8,11-12H2,1-2H3;2-6,8-9H,7,10-11H2,1H3,(H,20,21). The van der Waals surface area contributed by atoms with Gasteiger partial charge in [0.1, 0.15) is 22.6 Å². The molecule has 0 saturated heterocycles. The van der Waals surface area contributed by atoms with E-state index in [-0.39, 0.29) is 19.1 Å². The predicted molar refractivity (Wildman–Crippen MR) is 192 cm³/mol. The number of ether oxygens (including phenoxy) is 5. The third kappa shape index (κ3) is 8.90. The van der Waals surface area contributed by atoms with E-state index < -0.39 is 11.9 Å². The summed E-state index contributed by atoms with van der Waals surface area (Å²) in [5.74, 6) is 0.460. The lowest BCUT2D eigenvalue weighted by atomic mass is 10.0. The van der Waals surface area contributed by atoms with Crippen LogP contribution in [0.1, 0.15) is 43.0 Å². The molecule has 0 unspecified atom stereocenters. The second kappa shape index (κ2) is 17.7. The van der Waals surface area contributed by atoms with Crippen LogP contribution in [0.4, 0.5) is 11.4 Å². The van der Waals surface area contributed by atoms with Gasteiger partial charge in [-0.15, -0.1) is 23.5 Å². The van der Waals surface area contributed by atoms with Crippen molar-refractivity contribution in [3.8, 4) is 11.5 Å². The second-order valence-electron chi connectivity index (χ2n) is 10.6. The van der Waals surface area contributed by atoms with Gasteiger partial charge in [-0.3, -0.25) is 9.98 Å². The lowest BCUT2D eigenvalue weighted by molar-refractivity contribution is 0.0462. The maximum Gasteiger partial charge on any atom is 0.342 e. The Morgan fingerprint density at radius 2 is 1.14 bits per heavy atom. The molecule has 4 aromatic rings. The normalized spacial score (nSPS) is 12.1. The molecule has 10 nitrogen and oxygen atoms in total. The van der Waals surface area contributed by atoms with Gasteiger partial charge in [-0.25, -0.2) is 9.59 Å². The van der Waals surface area contributed by atoms with Crippen LogP contribution in [-0.4, -0.2) is 64.4 Å². The van der Waals surface area contributed by atoms with Crippen LogP contribution in [0.3, 0.4) is 0 Å². The van der Waals surface area contributed by atoms with Crippen LogP contribution in [0.2, 0.25) is 0 Å². The molecule has 2 aliphatic rings. The quantitative estimate of drug-likeness (QED) is 0.0788. The molecule has 0 saturated carbocycles. The largest absolute Gasteiger partial charge is 0.478 e. The van der Waals surface area contributed by atoms with Crippen molar-refractivity contribution in [2.75, 3.05) is 34.9 Å². The number of carbonyl (C=O) groups excluding carboxylic acids is 1. The number of carboxylic acid groups (broad SMARTS) is 1. The van der Waals surface area contributed by atoms with Crippen molar-refractivity contribution in [3.63, 3.8) is 0 Å². The molecule has 4 aromatic carbocycles. The lowest BCUT2D eigenvalue weighted by Gasteiger charge is -2.17. The molecule has 2 heterocycles. The highest BCUT2D eigenvalue weighted by atomic mass is 32.2. The average molecular weight is 701 g/mol. The van der Waals surface area contributed by atoms with Gasteiger partial charge in [-0.05, 0) is 47.5 Å². The van der Waals surface area contributed by atoms with Crippen molar-refractivity contribution in [1.29, 1.82) is 0 Å². The van der Waals surface area contributed by atoms with E-state index in [2.05, 4.69) is 9.98 Å². The Kier molecular flexibility index (Phi) is 12.9. The monoisotopic (exact) mass is 700 g/mol. The number of hydrogen-bond donors (Lipinski definition) is 1. The Balaban J connectivity index is 0.000000191. The zero-order valence-corrected chi connectivity index (χ0v) is 29.0. The third-order valence-corrected chi connectivity index (χ3v) is 9.55. The number of aliphatic imine (C=N–C) groups is 2. The number of hydrogen-bond acceptors (Lipinski definition) is 11. The van der Waals surface area contributed by atoms with Gasteiger partial charge in [-0.1, -0.05) is 36.4 Å². The first-order valence-electron chi connectivity index (χ1n) is 15.3. The Hall–Kier alpha value is -4.62. The number of esters is 1. The molecule has 2 aliphatic heterocycles. The summed E-state index contributed by atoms with van der Waals surface area (Å²) in [4.78, 5) is 35.3. The molecule has 0 aliphatic carbocycles. The zero-order valence-electron chi connectivity index (χ0n) is 27.3. The number of carboxylic acids is 1. The maximum atomic E-state index is 12.4. The van der Waals surface area contributed by atoms with Gasteiger partial charge in [0.2, 0.25) is 0 Å². The fraction of sp³-hybridized carbons (Fsp3) is 0.243. The molecule has 6 rings (SSSR count). The molecule has 49 heavy (non-hydrogen) atoms. The summed E-state index contributed by atoms with van der Waals surface area (Å²) in [5, 5.41) is 9.69. The summed E-state index contributed by atoms with van der Waals surface area (Å²) in [6.45, 7) is 0.0695. The van der Waals surface area contributed by atoms with E-state index in [1.165, 1.54) is 14.2 Å². The smallest absolute Gasteiger partial charge is 0.342 e. The van der Waals surface area contributed by atoms with Crippen molar-refractivity contribution in [2.45, 2.75) is 34.1 Å². The van der Waals surface area contributed by atoms with Crippen molar-refractivity contribution in [1.82, 2.24) is 0 Å². The Morgan fingerprint density at radius 3 is 1.57 bits per heavy atom. The van der Waals surface area contributed by atoms with E-state index in [1.807, 2.05) is 72.9 Å². The van der Waals surface area contributed by atoms with Crippen molar-refractivity contribution in [2.24, 2.45) is 9.98 Å². The van der Waals surface area contributed by atoms with Crippen LogP contribution in [0, 0.1) is 0 Å². The molecule has 1 N–H and O–H groups in total. The topological polar surface area (TPSA) is 125 Å². The fourth-order valence-corrected chi connectivity index (χ4v) is 7.16. The number of aromatic carboxylic acids is 1. The average Bonchev–Trinajstić information content (AvgIpc) is 3.81. The van der Waals surface area contributed by atoms with Crippen molar-refractivity contribution in [3.05, 3.63) is 106 Å². The third-order valence-electron chi connectivity index (χ3n) is 7.47. The Bertz CT molecular complexity index is 1830. The van der Waals surface area contributed by atoms with Crippen LogP contribution in [-0.2, 0) is 38.6 Å². The van der Waals surface area contributed by atoms with Gasteiger partial charge in [-0.2, -0.15) is 0 Å². The van der Waals surface area contributed by atoms with E-state index in [1.54, 1.807) is 42.9 Å². The highest BCUT2D eigenvalue weighted by Crippen LogP contribution is 2.42. The van der Waals surface area contributed by atoms with E-state index in [4.69, 9.17) is 23.7 Å². The van der Waals surface area contributed by atoms with Crippen molar-refractivity contribution >= 4 is 59.3 Å². The summed E-state index contributed by atoms with van der Waals surface area (Å²) in [7, 11) is 4.41. The molecule has 0 amide bonds. The number of fused-ring (bicyclic) bond motifs is 2. The van der Waals surface area contributed by atoms with Crippen LogP contribution < -0.4 is 9.47 Å². The summed E-state index contributed by atoms with van der Waals surface area (Å²) >= 11 is 3.23. The molecular weight excluding hydrogens is 665 g/mol. The molecule has 0 bridgehead atoms. The van der Waals surface area contributed by atoms with Gasteiger partial charge >= 0.3 is 11.9 Å². The minimum Gasteiger partial charge on any atom is -0.478 e. The minimum atomic E-state index is -1.02. The molecule has 12 heteroatoms. The van der Waals surface area contributed by atoms with E-state index in [9.17, 15) is 14.7 Å². The number of rotatable bonds is 14. The van der Waals surface area contributed by atoms with Gasteiger partial charge in [0, 0.05) is 71.9 Å². The first kappa shape index (κ1) is 35.7. The Morgan fingerprint density at radius 1 is 0.694 bits per heavy atom. The molecule has 0 spiro atoms. The van der Waals surface area contributed by atoms with E-state index >= 15 is 0 Å². The number of carbonyl (C=O) groups is 2. The predicted octanol–water partition coefficient (Wildman–Crippen LogP) is 7.92. The van der Waals surface area contributed by atoms with Crippen molar-refractivity contribution < 1.29 is 38.4 Å². The van der Waals surface area contributed by atoms with Crippen LogP contribution in [0.15, 0.2) is 92.6 Å². The van der Waals surface area contributed by atoms with E-state index in [0.717, 1.165) is 44.3 Å². The fourth-order valence-electron chi connectivity index (χ4n) is 5.28. The summed E-state index contributed by atoms with van der Waals surface area (Å²) < 4.78 is 26.0. The van der Waals surface area contributed by atoms with E-state index in [0.29, 0.717) is 40.6 Å². The molecular formula is C37H36N2O8S2. The van der Waals surface area contributed by atoms with Crippen LogP contribution in [0.25, 0.3) is 0 Å². The zero-order chi connectivity index (χ0) is 34.6. The van der Waals surface area contributed by atoms with Gasteiger partial charge in [0.05, 0.1) is 18.5 Å². The Labute approximate surface area is 293 Å². The number of thioether (sulfide) groups is 2. The number of methoxy groups -OCH3 is 3. The molecule has 0 atom stereocenters. The summed E-state index contributed by atoms with van der Waals surface area (Å²) in [6.07, 6.45) is 5.06. The first-order chi connectivity index (χ1) is 23.9. The SMILES string of the molecule is COCOc1cc2c(c(CSc3ccccc3)c1C(=O)O)N=CC2.COCOc1cc2c(c(CSc3ccccc3)c1C(=O)OC)N=CC2. The van der Waals surface area contributed by atoms with Crippen LogP contribution in [0.5, 0.6) is 11.5 Å².